The summed E-state index contributed by atoms with van der Waals surface area (Å²) in [5.41, 5.74) is 0. The highest BCUT2D eigenvalue weighted by Crippen LogP contribution is 1.95. The molecule has 14 heteroatoms. The second-order valence-electron chi connectivity index (χ2n) is 7.00. The lowest BCUT2D eigenvalue weighted by Gasteiger charge is -2.22. The van der Waals surface area contributed by atoms with E-state index in [1.54, 1.807) is 4.90 Å². The summed E-state index contributed by atoms with van der Waals surface area (Å²) in [5.74, 6) is -1.55. The van der Waals surface area contributed by atoms with E-state index in [-0.39, 0.29) is 74.5 Å². The van der Waals surface area contributed by atoms with E-state index in [0.29, 0.717) is 44.5 Å². The Morgan fingerprint density at radius 2 is 1.35 bits per heavy atom. The monoisotopic (exact) mass is 590 g/mol. The summed E-state index contributed by atoms with van der Waals surface area (Å²) in [7, 11) is 0. The van der Waals surface area contributed by atoms with E-state index < -0.39 is 5.91 Å². The van der Waals surface area contributed by atoms with Gasteiger partial charge in [0.1, 0.15) is 24.2 Å². The van der Waals surface area contributed by atoms with E-state index in [1.165, 1.54) is 0 Å². The topological polar surface area (TPSA) is 143 Å². The number of ether oxygens (including phenoxy) is 2. The number of amides is 3. The number of Topliss-reactive ketones (excluding diaryl/α,β-unsaturated/α-hetero) is 2. The maximum atomic E-state index is 12.2. The van der Waals surface area contributed by atoms with Crippen LogP contribution in [0.15, 0.2) is 0 Å². The smallest absolute Gasteiger partial charge is 0.246 e. The van der Waals surface area contributed by atoms with Crippen molar-refractivity contribution in [1.29, 1.82) is 0 Å². The normalized spacial score (nSPS) is 10.7. The Labute approximate surface area is 218 Å². The van der Waals surface area contributed by atoms with E-state index in [9.17, 15) is 24.0 Å². The van der Waals surface area contributed by atoms with Gasteiger partial charge in [0.05, 0.1) is 31.6 Å². The molecule has 0 aromatic rings. The van der Waals surface area contributed by atoms with Gasteiger partial charge in [-0.1, -0.05) is 15.9 Å². The molecule has 0 unspecified atom stereocenters. The van der Waals surface area contributed by atoms with Crippen LogP contribution in [-0.4, -0.2) is 117 Å². The summed E-state index contributed by atoms with van der Waals surface area (Å²) in [4.78, 5) is 59.5. The van der Waals surface area contributed by atoms with Gasteiger partial charge in [0, 0.05) is 39.2 Å². The van der Waals surface area contributed by atoms with Gasteiger partial charge in [-0.2, -0.15) is 0 Å². The summed E-state index contributed by atoms with van der Waals surface area (Å²) in [6.45, 7) is 1.82. The Hall–Kier alpha value is -1.31. The van der Waals surface area contributed by atoms with Crippen LogP contribution in [0, 0.1) is 0 Å². The fraction of sp³-hybridized carbons (Fsp3) is 0.750. The zero-order valence-electron chi connectivity index (χ0n) is 19.0. The van der Waals surface area contributed by atoms with Crippen LogP contribution in [0.25, 0.3) is 0 Å². The van der Waals surface area contributed by atoms with Crippen molar-refractivity contribution in [3.63, 3.8) is 0 Å². The van der Waals surface area contributed by atoms with Crippen molar-refractivity contribution in [3.05, 3.63) is 0 Å². The third-order valence-electron chi connectivity index (χ3n) is 4.12. The maximum absolute atomic E-state index is 12.2. The number of carbonyl (C=O) groups is 5. The molecular weight excluding hydrogens is 559 g/mol. The second-order valence-corrected chi connectivity index (χ2v) is 8.09. The number of carbonyl (C=O) groups excluding carboxylic acids is 5. The first kappa shape index (κ1) is 32.7. The molecule has 0 rings (SSSR count). The first-order chi connectivity index (χ1) is 16.3. The van der Waals surface area contributed by atoms with Crippen LogP contribution >= 0.6 is 39.1 Å². The molecule has 0 aliphatic rings. The quantitative estimate of drug-likeness (QED) is 0.113. The van der Waals surface area contributed by atoms with Crippen LogP contribution in [0.3, 0.4) is 0 Å². The molecule has 0 atom stereocenters. The Balaban J connectivity index is 4.09. The average molecular weight is 592 g/mol. The molecule has 11 nitrogen and oxygen atoms in total. The van der Waals surface area contributed by atoms with E-state index in [4.69, 9.17) is 32.7 Å². The summed E-state index contributed by atoms with van der Waals surface area (Å²) in [6, 6.07) is 0. The molecule has 0 aliphatic carbocycles. The third kappa shape index (κ3) is 20.1. The zero-order valence-corrected chi connectivity index (χ0v) is 22.1. The number of rotatable bonds is 22. The van der Waals surface area contributed by atoms with E-state index in [2.05, 4.69) is 31.9 Å². The number of hydrogen-bond donors (Lipinski definition) is 3. The van der Waals surface area contributed by atoms with Crippen LogP contribution in [0.5, 0.6) is 0 Å². The fourth-order valence-electron chi connectivity index (χ4n) is 2.45. The van der Waals surface area contributed by atoms with E-state index in [0.717, 1.165) is 0 Å². The molecule has 0 fully saturated rings. The maximum Gasteiger partial charge on any atom is 0.246 e. The third-order valence-corrected chi connectivity index (χ3v) is 5.24. The minimum Gasteiger partial charge on any atom is -0.379 e. The van der Waals surface area contributed by atoms with Crippen LogP contribution in [0.2, 0.25) is 0 Å². The Morgan fingerprint density at radius 1 is 0.765 bits per heavy atom. The molecule has 0 saturated carbocycles. The molecule has 0 radical (unpaired) electrons. The second kappa shape index (κ2) is 22.2. The van der Waals surface area contributed by atoms with Crippen molar-refractivity contribution in [1.82, 2.24) is 20.9 Å². The molecule has 0 aromatic heterocycles. The van der Waals surface area contributed by atoms with Crippen molar-refractivity contribution < 1.29 is 33.4 Å². The van der Waals surface area contributed by atoms with Crippen molar-refractivity contribution in [2.75, 3.05) is 82.8 Å². The molecule has 0 heterocycles. The van der Waals surface area contributed by atoms with Gasteiger partial charge in [-0.05, 0) is 6.42 Å². The highest BCUT2D eigenvalue weighted by Gasteiger charge is 2.13. The van der Waals surface area contributed by atoms with Gasteiger partial charge in [-0.15, -0.1) is 23.2 Å². The largest absolute Gasteiger partial charge is 0.379 e. The summed E-state index contributed by atoms with van der Waals surface area (Å²) >= 11 is 14.0. The molecule has 3 amide bonds. The van der Waals surface area contributed by atoms with Gasteiger partial charge in [-0.25, -0.2) is 0 Å². The Bertz CT molecular complexity index is 622. The van der Waals surface area contributed by atoms with Crippen LogP contribution in [0.1, 0.15) is 12.8 Å². The number of alkyl halides is 3. The van der Waals surface area contributed by atoms with Crippen molar-refractivity contribution in [2.45, 2.75) is 12.8 Å². The van der Waals surface area contributed by atoms with Gasteiger partial charge in [0.25, 0.3) is 0 Å². The van der Waals surface area contributed by atoms with Crippen molar-refractivity contribution in [3.8, 4) is 0 Å². The van der Waals surface area contributed by atoms with Crippen LogP contribution < -0.4 is 16.0 Å². The molecule has 0 spiro atoms. The lowest BCUT2D eigenvalue weighted by molar-refractivity contribution is -0.129. The lowest BCUT2D eigenvalue weighted by Crippen LogP contribution is -2.44. The first-order valence-electron chi connectivity index (χ1n) is 10.7. The van der Waals surface area contributed by atoms with Gasteiger partial charge < -0.3 is 25.4 Å². The Morgan fingerprint density at radius 3 is 1.91 bits per heavy atom. The summed E-state index contributed by atoms with van der Waals surface area (Å²) in [6.07, 6.45) is 1.08. The minimum absolute atomic E-state index is 0.0139. The SMILES string of the molecule is O=C(CBr)CCCOCCOCC(=O)NCC(=O)CN(CCNC(=O)CCl)CCNC(=O)CCl. The van der Waals surface area contributed by atoms with Gasteiger partial charge in [-0.3, -0.25) is 28.9 Å². The molecule has 0 aromatic carbocycles. The predicted octanol–water partition coefficient (Wildman–Crippen LogP) is -0.539. The number of ketones is 2. The van der Waals surface area contributed by atoms with E-state index >= 15 is 0 Å². The minimum atomic E-state index is -0.438. The molecular formula is C20H33BrCl2N4O7. The van der Waals surface area contributed by atoms with Gasteiger partial charge in [0.2, 0.25) is 17.7 Å². The van der Waals surface area contributed by atoms with Crippen molar-refractivity contribution >= 4 is 68.4 Å². The number of nitrogens with zero attached hydrogens (tertiary/aromatic N) is 1. The van der Waals surface area contributed by atoms with Crippen LogP contribution in [0.4, 0.5) is 0 Å². The molecule has 0 aliphatic heterocycles. The summed E-state index contributed by atoms with van der Waals surface area (Å²) < 4.78 is 10.5. The molecule has 0 saturated heterocycles. The number of hydrogen-bond acceptors (Lipinski definition) is 8. The predicted molar refractivity (Wildman–Crippen MR) is 132 cm³/mol. The lowest BCUT2D eigenvalue weighted by atomic mass is 10.2. The molecule has 34 heavy (non-hydrogen) atoms. The van der Waals surface area contributed by atoms with Gasteiger partial charge >= 0.3 is 0 Å². The van der Waals surface area contributed by atoms with Gasteiger partial charge in [0.15, 0.2) is 5.78 Å². The van der Waals surface area contributed by atoms with E-state index in [1.807, 2.05) is 0 Å². The molecule has 0 bridgehead atoms. The number of halogens is 3. The van der Waals surface area contributed by atoms with Crippen LogP contribution in [-0.2, 0) is 33.4 Å². The standard InChI is InChI=1S/C20H33BrCl2N4O7/c21-10-16(28)2-1-7-33-8-9-34-15-20(32)26-13-17(29)14-27(5-3-24-18(30)11-22)6-4-25-19(31)12-23/h1-15H2,(H,24,30)(H,25,31)(H,26,32). The Kier molecular flexibility index (Phi) is 21.3. The number of nitrogens with one attached hydrogen (secondary N) is 3. The average Bonchev–Trinajstić information content (AvgIpc) is 2.83. The van der Waals surface area contributed by atoms with Crippen molar-refractivity contribution in [2.24, 2.45) is 0 Å². The highest BCUT2D eigenvalue weighted by molar-refractivity contribution is 9.09. The molecule has 196 valence electrons. The highest BCUT2D eigenvalue weighted by atomic mass is 79.9. The zero-order chi connectivity index (χ0) is 25.6. The fourth-order valence-corrected chi connectivity index (χ4v) is 2.92. The molecule has 3 N–H and O–H groups in total. The first-order valence-corrected chi connectivity index (χ1v) is 12.9. The summed E-state index contributed by atoms with van der Waals surface area (Å²) in [5, 5.41) is 8.03.